The van der Waals surface area contributed by atoms with E-state index in [-0.39, 0.29) is 0 Å². The van der Waals surface area contributed by atoms with Gasteiger partial charge in [-0.1, -0.05) is 146 Å². The molecule has 13 aromatic rings. The van der Waals surface area contributed by atoms with Crippen molar-refractivity contribution in [3.63, 3.8) is 0 Å². The Kier molecular flexibility index (Phi) is 6.72. The van der Waals surface area contributed by atoms with Gasteiger partial charge in [0.1, 0.15) is 5.58 Å². The third-order valence-corrected chi connectivity index (χ3v) is 12.5. The Morgan fingerprint density at radius 2 is 0.864 bits per heavy atom. The molecule has 3 heterocycles. The van der Waals surface area contributed by atoms with E-state index in [2.05, 4.69) is 209 Å². The predicted molar refractivity (Wildman–Crippen MR) is 248 cm³/mol. The van der Waals surface area contributed by atoms with Crippen LogP contribution in [0.3, 0.4) is 0 Å². The number of fused-ring (bicyclic) bond motifs is 12. The molecule has 0 saturated heterocycles. The molecule has 3 nitrogen and oxygen atoms in total. The summed E-state index contributed by atoms with van der Waals surface area (Å²) in [6, 6.07) is 75.1. The summed E-state index contributed by atoms with van der Waals surface area (Å²) in [7, 11) is 0. The van der Waals surface area contributed by atoms with Crippen molar-refractivity contribution >= 4 is 87.1 Å². The largest absolute Gasteiger partial charge is 0.454 e. The molecule has 13 rings (SSSR count). The average molecular weight is 751 g/mol. The van der Waals surface area contributed by atoms with E-state index in [1.54, 1.807) is 0 Å². The molecular weight excluding hydrogens is 717 g/mol. The fraction of sp³-hybridized carbons (Fsp3) is 0. The molecule has 0 aliphatic rings. The van der Waals surface area contributed by atoms with Crippen LogP contribution in [0.25, 0.3) is 121 Å². The van der Waals surface area contributed by atoms with E-state index >= 15 is 0 Å². The Morgan fingerprint density at radius 3 is 1.75 bits per heavy atom. The maximum Gasteiger partial charge on any atom is 0.159 e. The van der Waals surface area contributed by atoms with Gasteiger partial charge in [-0.3, -0.25) is 0 Å². The van der Waals surface area contributed by atoms with E-state index in [4.69, 9.17) is 4.42 Å². The van der Waals surface area contributed by atoms with Gasteiger partial charge >= 0.3 is 0 Å². The zero-order chi connectivity index (χ0) is 38.6. The third kappa shape index (κ3) is 4.76. The summed E-state index contributed by atoms with van der Waals surface area (Å²) in [4.78, 5) is 0. The molecule has 3 aromatic heterocycles. The molecule has 0 N–H and O–H groups in total. The highest BCUT2D eigenvalue weighted by molar-refractivity contribution is 6.15. The highest BCUT2D eigenvalue weighted by Gasteiger charge is 2.19. The fourth-order valence-electron chi connectivity index (χ4n) is 9.77. The van der Waals surface area contributed by atoms with Crippen molar-refractivity contribution in [2.75, 3.05) is 0 Å². The summed E-state index contributed by atoms with van der Waals surface area (Å²) in [5.41, 5.74) is 13.4. The lowest BCUT2D eigenvalue weighted by molar-refractivity contribution is 0.666. The van der Waals surface area contributed by atoms with Crippen LogP contribution in [0.15, 0.2) is 211 Å². The Hall–Kier alpha value is -7.88. The summed E-state index contributed by atoms with van der Waals surface area (Å²) < 4.78 is 11.4. The molecule has 0 spiro atoms. The second-order valence-corrected chi connectivity index (χ2v) is 15.7. The van der Waals surface area contributed by atoms with Gasteiger partial charge in [0.2, 0.25) is 0 Å². The SMILES string of the molecule is c1cc(-c2ccc3c(ccc4ccccc43)c2)cc(-n2c3ccccc3c3ccc(-c4ccc5c(c4)c4ccccc4n5-c4cccc5c4oc4ccccc45)cc32)c1. The number of rotatable bonds is 4. The van der Waals surface area contributed by atoms with Gasteiger partial charge in [0.05, 0.1) is 27.8 Å². The van der Waals surface area contributed by atoms with E-state index < -0.39 is 0 Å². The molecule has 0 fully saturated rings. The van der Waals surface area contributed by atoms with Crippen LogP contribution in [0.2, 0.25) is 0 Å². The summed E-state index contributed by atoms with van der Waals surface area (Å²) in [6.07, 6.45) is 0. The number of aromatic nitrogens is 2. The number of furan rings is 1. The van der Waals surface area contributed by atoms with Gasteiger partial charge in [-0.25, -0.2) is 0 Å². The third-order valence-electron chi connectivity index (χ3n) is 12.5. The Bertz CT molecular complexity index is 3860. The first-order valence-electron chi connectivity index (χ1n) is 20.2. The van der Waals surface area contributed by atoms with E-state index in [1.165, 1.54) is 76.4 Å². The zero-order valence-electron chi connectivity index (χ0n) is 31.9. The van der Waals surface area contributed by atoms with Gasteiger partial charge in [-0.05, 0) is 104 Å². The second-order valence-electron chi connectivity index (χ2n) is 15.7. The summed E-state index contributed by atoms with van der Waals surface area (Å²) in [5, 5.41) is 12.3. The maximum absolute atomic E-state index is 6.55. The standard InChI is InChI=1S/C56H34N2O/c1-2-14-42-35(11-1)23-24-40-31-37(25-28-43(40)42)36-12-9-13-41(32-36)57-50-19-6-3-15-44(50)46-29-26-39(34-54(46)57)38-27-30-52-49(33-38)45-16-4-7-20-51(45)58(52)53-21-10-18-48-47-17-5-8-22-55(47)59-56(48)53/h1-34H. The second kappa shape index (κ2) is 12.3. The molecule has 0 saturated carbocycles. The first-order chi connectivity index (χ1) is 29.2. The highest BCUT2D eigenvalue weighted by atomic mass is 16.3. The molecular formula is C56H34N2O. The van der Waals surface area contributed by atoms with Crippen molar-refractivity contribution < 1.29 is 4.42 Å². The first kappa shape index (κ1) is 32.2. The topological polar surface area (TPSA) is 23.0 Å². The maximum atomic E-state index is 6.55. The lowest BCUT2D eigenvalue weighted by atomic mass is 9.97. The number of para-hydroxylation sites is 4. The molecule has 0 bridgehead atoms. The van der Waals surface area contributed by atoms with Crippen LogP contribution < -0.4 is 0 Å². The van der Waals surface area contributed by atoms with Gasteiger partial charge in [0, 0.05) is 38.0 Å². The fourth-order valence-corrected chi connectivity index (χ4v) is 9.77. The minimum absolute atomic E-state index is 0.900. The molecule has 3 heteroatoms. The molecule has 0 unspecified atom stereocenters. The van der Waals surface area contributed by atoms with Gasteiger partial charge in [-0.15, -0.1) is 0 Å². The minimum atomic E-state index is 0.900. The van der Waals surface area contributed by atoms with Gasteiger partial charge in [-0.2, -0.15) is 0 Å². The number of benzene rings is 10. The van der Waals surface area contributed by atoms with Gasteiger partial charge < -0.3 is 13.6 Å². The average Bonchev–Trinajstić information content (AvgIpc) is 3.96. The first-order valence-corrected chi connectivity index (χ1v) is 20.2. The Morgan fingerprint density at radius 1 is 0.288 bits per heavy atom. The molecule has 0 amide bonds. The van der Waals surface area contributed by atoms with Gasteiger partial charge in [0.25, 0.3) is 0 Å². The quantitative estimate of drug-likeness (QED) is 0.164. The van der Waals surface area contributed by atoms with Crippen LogP contribution in [-0.4, -0.2) is 9.13 Å². The van der Waals surface area contributed by atoms with Crippen LogP contribution in [0.5, 0.6) is 0 Å². The predicted octanol–water partition coefficient (Wildman–Crippen LogP) is 15.4. The van der Waals surface area contributed by atoms with Crippen LogP contribution in [-0.2, 0) is 0 Å². The van der Waals surface area contributed by atoms with Crippen molar-refractivity contribution in [1.29, 1.82) is 0 Å². The Labute approximate surface area is 339 Å². The number of nitrogens with zero attached hydrogens (tertiary/aromatic N) is 2. The van der Waals surface area contributed by atoms with Crippen LogP contribution in [0.1, 0.15) is 0 Å². The molecule has 59 heavy (non-hydrogen) atoms. The molecule has 10 aromatic carbocycles. The Balaban J connectivity index is 0.967. The monoisotopic (exact) mass is 750 g/mol. The summed E-state index contributed by atoms with van der Waals surface area (Å²) in [6.45, 7) is 0. The summed E-state index contributed by atoms with van der Waals surface area (Å²) in [5.74, 6) is 0. The highest BCUT2D eigenvalue weighted by Crippen LogP contribution is 2.41. The molecule has 0 atom stereocenters. The number of hydrogen-bond acceptors (Lipinski definition) is 1. The van der Waals surface area contributed by atoms with Crippen LogP contribution in [0, 0.1) is 0 Å². The lowest BCUT2D eigenvalue weighted by Gasteiger charge is -2.12. The van der Waals surface area contributed by atoms with E-state index in [0.29, 0.717) is 0 Å². The number of hydrogen-bond donors (Lipinski definition) is 0. The van der Waals surface area contributed by atoms with Gasteiger partial charge in [0.15, 0.2) is 5.58 Å². The van der Waals surface area contributed by atoms with E-state index in [1.807, 2.05) is 6.07 Å². The smallest absolute Gasteiger partial charge is 0.159 e. The van der Waals surface area contributed by atoms with Crippen molar-refractivity contribution in [3.05, 3.63) is 206 Å². The van der Waals surface area contributed by atoms with Crippen LogP contribution in [0.4, 0.5) is 0 Å². The van der Waals surface area contributed by atoms with Crippen molar-refractivity contribution in [2.24, 2.45) is 0 Å². The minimum Gasteiger partial charge on any atom is -0.454 e. The van der Waals surface area contributed by atoms with Crippen molar-refractivity contribution in [2.45, 2.75) is 0 Å². The van der Waals surface area contributed by atoms with Crippen molar-refractivity contribution in [3.8, 4) is 33.6 Å². The van der Waals surface area contributed by atoms with Crippen LogP contribution >= 0.6 is 0 Å². The molecule has 0 radical (unpaired) electrons. The van der Waals surface area contributed by atoms with E-state index in [0.717, 1.165) is 44.3 Å². The summed E-state index contributed by atoms with van der Waals surface area (Å²) >= 11 is 0. The zero-order valence-corrected chi connectivity index (χ0v) is 31.9. The van der Waals surface area contributed by atoms with E-state index in [9.17, 15) is 0 Å². The normalized spacial score (nSPS) is 12.1. The molecule has 274 valence electrons. The lowest BCUT2D eigenvalue weighted by Crippen LogP contribution is -1.95. The molecule has 0 aliphatic heterocycles. The molecule has 0 aliphatic carbocycles. The van der Waals surface area contributed by atoms with Crippen molar-refractivity contribution in [1.82, 2.24) is 9.13 Å².